The summed E-state index contributed by atoms with van der Waals surface area (Å²) in [6, 6.07) is 25.5. The zero-order chi connectivity index (χ0) is 27.9. The molecule has 0 spiro atoms. The summed E-state index contributed by atoms with van der Waals surface area (Å²) in [7, 11) is 1.64. The SMILES string of the molecule is COc1ccc(-n2ncc3c(N4CCN(C5c6ccccc6CSc6ccccc65)CC4)nc(C(=N)N)nc32)cc1. The molecule has 2 aliphatic heterocycles. The smallest absolute Gasteiger partial charge is 0.198 e. The Hall–Kier alpha value is -4.41. The van der Waals surface area contributed by atoms with E-state index in [4.69, 9.17) is 20.9 Å². The average molecular weight is 563 g/mol. The van der Waals surface area contributed by atoms with Crippen molar-refractivity contribution in [3.63, 3.8) is 0 Å². The van der Waals surface area contributed by atoms with E-state index in [0.717, 1.165) is 54.6 Å². The fourth-order valence-corrected chi connectivity index (χ4v) is 6.94. The summed E-state index contributed by atoms with van der Waals surface area (Å²) in [6.07, 6.45) is 1.81. The second-order valence-corrected chi connectivity index (χ2v) is 11.2. The number of ether oxygens (including phenoxy) is 1. The molecule has 0 amide bonds. The van der Waals surface area contributed by atoms with Crippen LogP contribution in [0.3, 0.4) is 0 Å². The van der Waals surface area contributed by atoms with Gasteiger partial charge in [0.05, 0.1) is 30.4 Å². The topological polar surface area (TPSA) is 109 Å². The van der Waals surface area contributed by atoms with Crippen molar-refractivity contribution in [2.75, 3.05) is 38.2 Å². The molecule has 41 heavy (non-hydrogen) atoms. The van der Waals surface area contributed by atoms with Crippen molar-refractivity contribution in [2.24, 2.45) is 5.73 Å². The first kappa shape index (κ1) is 25.6. The van der Waals surface area contributed by atoms with Crippen LogP contribution in [0, 0.1) is 5.41 Å². The number of nitrogen functional groups attached to an aromatic ring is 1. The number of piperazine rings is 1. The monoisotopic (exact) mass is 562 g/mol. The summed E-state index contributed by atoms with van der Waals surface area (Å²) in [6.45, 7) is 3.30. The number of amidine groups is 1. The predicted octanol–water partition coefficient (Wildman–Crippen LogP) is 4.63. The van der Waals surface area contributed by atoms with E-state index in [2.05, 4.69) is 68.4 Å². The third-order valence-corrected chi connectivity index (χ3v) is 9.03. The molecule has 7 rings (SSSR count). The second kappa shape index (κ2) is 10.5. The molecule has 0 saturated carbocycles. The fraction of sp³-hybridized carbons (Fsp3) is 0.226. The lowest BCUT2D eigenvalue weighted by molar-refractivity contribution is 0.210. The maximum atomic E-state index is 8.11. The average Bonchev–Trinajstić information content (AvgIpc) is 3.37. The van der Waals surface area contributed by atoms with Crippen molar-refractivity contribution in [1.29, 1.82) is 5.41 Å². The Balaban J connectivity index is 1.22. The molecule has 1 atom stereocenters. The van der Waals surface area contributed by atoms with Crippen LogP contribution in [0.2, 0.25) is 0 Å². The molecule has 5 aromatic rings. The second-order valence-electron chi connectivity index (χ2n) is 10.2. The minimum atomic E-state index is -0.168. The Labute approximate surface area is 242 Å². The van der Waals surface area contributed by atoms with Crippen LogP contribution in [0.25, 0.3) is 16.7 Å². The zero-order valence-electron chi connectivity index (χ0n) is 22.7. The lowest BCUT2D eigenvalue weighted by Gasteiger charge is -2.40. The third kappa shape index (κ3) is 4.58. The Kier molecular flexibility index (Phi) is 6.56. The number of hydrogen-bond acceptors (Lipinski definition) is 8. The van der Waals surface area contributed by atoms with Gasteiger partial charge in [-0.15, -0.1) is 11.8 Å². The van der Waals surface area contributed by atoms with Crippen LogP contribution in [0.1, 0.15) is 28.6 Å². The van der Waals surface area contributed by atoms with Gasteiger partial charge in [0.2, 0.25) is 0 Å². The number of benzene rings is 3. The largest absolute Gasteiger partial charge is 0.497 e. The van der Waals surface area contributed by atoms with Crippen LogP contribution in [-0.4, -0.2) is 63.8 Å². The molecule has 10 heteroatoms. The highest BCUT2D eigenvalue weighted by Gasteiger charge is 2.32. The number of rotatable bonds is 5. The Morgan fingerprint density at radius 2 is 1.66 bits per heavy atom. The van der Waals surface area contributed by atoms with Crippen molar-refractivity contribution in [2.45, 2.75) is 16.7 Å². The fourth-order valence-electron chi connectivity index (χ4n) is 5.85. The van der Waals surface area contributed by atoms with E-state index < -0.39 is 0 Å². The van der Waals surface area contributed by atoms with E-state index in [1.807, 2.05) is 36.0 Å². The Bertz CT molecular complexity index is 1700. The van der Waals surface area contributed by atoms with Gasteiger partial charge in [0.25, 0.3) is 0 Å². The Morgan fingerprint density at radius 1 is 0.927 bits per heavy atom. The molecule has 3 aromatic carbocycles. The lowest BCUT2D eigenvalue weighted by atomic mass is 9.93. The molecule has 206 valence electrons. The van der Waals surface area contributed by atoms with Crippen LogP contribution in [-0.2, 0) is 5.75 Å². The summed E-state index contributed by atoms with van der Waals surface area (Å²) >= 11 is 1.92. The van der Waals surface area contributed by atoms with Crippen LogP contribution < -0.4 is 15.4 Å². The van der Waals surface area contributed by atoms with E-state index in [1.165, 1.54) is 21.6 Å². The number of nitrogens with two attached hydrogens (primary N) is 1. The van der Waals surface area contributed by atoms with Gasteiger partial charge in [0.15, 0.2) is 17.3 Å². The number of fused-ring (bicyclic) bond motifs is 3. The highest BCUT2D eigenvalue weighted by Crippen LogP contribution is 2.42. The normalized spacial score (nSPS) is 17.1. The maximum Gasteiger partial charge on any atom is 0.198 e. The summed E-state index contributed by atoms with van der Waals surface area (Å²) in [5.41, 5.74) is 11.5. The predicted molar refractivity (Wildman–Crippen MR) is 162 cm³/mol. The molecule has 9 nitrogen and oxygen atoms in total. The molecule has 0 aliphatic carbocycles. The van der Waals surface area contributed by atoms with Crippen LogP contribution >= 0.6 is 11.8 Å². The first-order valence-corrected chi connectivity index (χ1v) is 14.6. The molecule has 4 heterocycles. The van der Waals surface area contributed by atoms with Gasteiger partial charge in [-0.25, -0.2) is 14.6 Å². The number of aromatic nitrogens is 4. The van der Waals surface area contributed by atoms with Crippen molar-refractivity contribution in [3.8, 4) is 11.4 Å². The minimum Gasteiger partial charge on any atom is -0.497 e. The van der Waals surface area contributed by atoms with Crippen LogP contribution in [0.5, 0.6) is 5.75 Å². The molecule has 2 aromatic heterocycles. The first-order valence-electron chi connectivity index (χ1n) is 13.6. The Morgan fingerprint density at radius 3 is 2.41 bits per heavy atom. The molecule has 1 unspecified atom stereocenters. The van der Waals surface area contributed by atoms with E-state index in [1.54, 1.807) is 18.0 Å². The van der Waals surface area contributed by atoms with Gasteiger partial charge >= 0.3 is 0 Å². The van der Waals surface area contributed by atoms with Crippen molar-refractivity contribution < 1.29 is 4.74 Å². The quantitative estimate of drug-likeness (QED) is 0.236. The number of nitrogens with zero attached hydrogens (tertiary/aromatic N) is 6. The van der Waals surface area contributed by atoms with Crippen LogP contribution in [0.15, 0.2) is 83.9 Å². The highest BCUT2D eigenvalue weighted by molar-refractivity contribution is 7.98. The summed E-state index contributed by atoms with van der Waals surface area (Å²) in [4.78, 5) is 15.6. The van der Waals surface area contributed by atoms with Gasteiger partial charge in [-0.05, 0) is 47.0 Å². The number of hydrogen-bond donors (Lipinski definition) is 2. The van der Waals surface area contributed by atoms with Gasteiger partial charge in [0, 0.05) is 36.8 Å². The van der Waals surface area contributed by atoms with Gasteiger partial charge in [-0.2, -0.15) is 5.10 Å². The molecule has 0 radical (unpaired) electrons. The summed E-state index contributed by atoms with van der Waals surface area (Å²) in [5, 5.41) is 13.6. The van der Waals surface area contributed by atoms with E-state index in [9.17, 15) is 0 Å². The lowest BCUT2D eigenvalue weighted by Crippen LogP contribution is -2.48. The zero-order valence-corrected chi connectivity index (χ0v) is 23.5. The molecular formula is C31H30N8OS. The van der Waals surface area contributed by atoms with Crippen molar-refractivity contribution in [3.05, 3.63) is 102 Å². The van der Waals surface area contributed by atoms with Gasteiger partial charge in [-0.3, -0.25) is 10.3 Å². The first-order chi connectivity index (χ1) is 20.1. The molecular weight excluding hydrogens is 532 g/mol. The molecule has 3 N–H and O–H groups in total. The minimum absolute atomic E-state index is 0.168. The number of anilines is 1. The number of thioether (sulfide) groups is 1. The molecule has 0 bridgehead atoms. The van der Waals surface area contributed by atoms with E-state index >= 15 is 0 Å². The summed E-state index contributed by atoms with van der Waals surface area (Å²) < 4.78 is 7.07. The maximum absolute atomic E-state index is 8.11. The standard InChI is InChI=1S/C31H30N8OS/c1-40-22-12-10-21(11-13-22)39-31-25(18-34-39)30(35-29(36-31)28(32)33)38-16-14-37(15-17-38)27-23-7-3-2-6-20(23)19-41-26-9-5-4-8-24(26)27/h2-13,18,27H,14-17,19H2,1H3,(H3,32,33). The third-order valence-electron chi connectivity index (χ3n) is 7.89. The van der Waals surface area contributed by atoms with Gasteiger partial charge < -0.3 is 15.4 Å². The summed E-state index contributed by atoms with van der Waals surface area (Å²) in [5.74, 6) is 2.54. The molecule has 1 fully saturated rings. The van der Waals surface area contributed by atoms with E-state index in [-0.39, 0.29) is 17.7 Å². The highest BCUT2D eigenvalue weighted by atomic mass is 32.2. The number of methoxy groups -OCH3 is 1. The van der Waals surface area contributed by atoms with Crippen molar-refractivity contribution in [1.82, 2.24) is 24.6 Å². The van der Waals surface area contributed by atoms with E-state index in [0.29, 0.717) is 5.65 Å². The van der Waals surface area contributed by atoms with Gasteiger partial charge in [-0.1, -0.05) is 42.5 Å². The molecule has 2 aliphatic rings. The van der Waals surface area contributed by atoms with Crippen molar-refractivity contribution >= 4 is 34.4 Å². The van der Waals surface area contributed by atoms with Gasteiger partial charge in [0.1, 0.15) is 11.6 Å². The van der Waals surface area contributed by atoms with Crippen LogP contribution in [0.4, 0.5) is 5.82 Å². The molecule has 1 saturated heterocycles. The number of nitrogens with one attached hydrogen (secondary N) is 1.